The Labute approximate surface area is 104 Å². The zero-order chi connectivity index (χ0) is 12.6. The molecule has 1 aliphatic carbocycles. The van der Waals surface area contributed by atoms with Gasteiger partial charge in [0.2, 0.25) is 0 Å². The average molecular weight is 233 g/mol. The van der Waals surface area contributed by atoms with Crippen LogP contribution in [0.4, 0.5) is 0 Å². The van der Waals surface area contributed by atoms with Gasteiger partial charge in [-0.1, -0.05) is 19.1 Å². The molecular weight excluding hydrogens is 210 g/mol. The summed E-state index contributed by atoms with van der Waals surface area (Å²) < 4.78 is 5.55. The minimum absolute atomic E-state index is 0.0942. The number of hydrogen-bond donors (Lipinski definition) is 1. The van der Waals surface area contributed by atoms with E-state index in [9.17, 15) is 0 Å². The number of nitrogens with two attached hydrogens (primary N) is 1. The molecule has 0 heterocycles. The number of hydrogen-bond acceptors (Lipinski definition) is 2. The van der Waals surface area contributed by atoms with Gasteiger partial charge in [0.05, 0.1) is 7.11 Å². The number of rotatable bonds is 4. The lowest BCUT2D eigenvalue weighted by Crippen LogP contribution is -2.21. The Morgan fingerprint density at radius 1 is 1.29 bits per heavy atom. The van der Waals surface area contributed by atoms with E-state index in [1.807, 2.05) is 0 Å². The number of aryl methyl sites for hydroxylation is 1. The van der Waals surface area contributed by atoms with Crippen LogP contribution in [-0.2, 0) is 0 Å². The van der Waals surface area contributed by atoms with Crippen molar-refractivity contribution in [3.8, 4) is 5.75 Å². The molecule has 1 aromatic rings. The first kappa shape index (κ1) is 12.4. The van der Waals surface area contributed by atoms with Gasteiger partial charge in [-0.2, -0.15) is 0 Å². The van der Waals surface area contributed by atoms with Crippen molar-refractivity contribution in [1.29, 1.82) is 0 Å². The molecule has 2 heteroatoms. The van der Waals surface area contributed by atoms with Gasteiger partial charge in [-0.05, 0) is 49.7 Å². The normalized spacial score (nSPS) is 18.9. The minimum atomic E-state index is 0.0942. The number of benzene rings is 1. The molecule has 17 heavy (non-hydrogen) atoms. The van der Waals surface area contributed by atoms with Crippen LogP contribution >= 0.6 is 0 Å². The molecule has 1 aliphatic rings. The molecule has 0 amide bonds. The first-order valence-corrected chi connectivity index (χ1v) is 6.46. The molecule has 1 saturated carbocycles. The van der Waals surface area contributed by atoms with Gasteiger partial charge in [0.25, 0.3) is 0 Å². The molecule has 2 nitrogen and oxygen atoms in total. The molecule has 2 N–H and O–H groups in total. The molecule has 1 aromatic carbocycles. The molecule has 0 bridgehead atoms. The molecule has 0 aliphatic heterocycles. The maximum atomic E-state index is 6.39. The SMILES string of the molecule is COc1c(C(N)C(C)C2CC2)ccc(C)c1C. The number of methoxy groups -OCH3 is 1. The largest absolute Gasteiger partial charge is 0.496 e. The third kappa shape index (κ3) is 2.32. The van der Waals surface area contributed by atoms with Crippen LogP contribution in [0, 0.1) is 25.7 Å². The molecule has 0 radical (unpaired) electrons. The molecule has 0 spiro atoms. The Kier molecular flexibility index (Phi) is 3.43. The molecular formula is C15H23NO. The van der Waals surface area contributed by atoms with Crippen LogP contribution in [0.1, 0.15) is 42.5 Å². The first-order chi connectivity index (χ1) is 8.06. The van der Waals surface area contributed by atoms with Crippen molar-refractivity contribution >= 4 is 0 Å². The maximum Gasteiger partial charge on any atom is 0.126 e. The highest BCUT2D eigenvalue weighted by molar-refractivity contribution is 5.47. The second kappa shape index (κ2) is 4.69. The first-order valence-electron chi connectivity index (χ1n) is 6.46. The summed E-state index contributed by atoms with van der Waals surface area (Å²) in [5.74, 6) is 2.34. The van der Waals surface area contributed by atoms with Gasteiger partial charge in [-0.25, -0.2) is 0 Å². The smallest absolute Gasteiger partial charge is 0.126 e. The quantitative estimate of drug-likeness (QED) is 0.865. The van der Waals surface area contributed by atoms with Crippen LogP contribution in [0.15, 0.2) is 12.1 Å². The summed E-state index contributed by atoms with van der Waals surface area (Å²) in [4.78, 5) is 0. The average Bonchev–Trinajstić information content (AvgIpc) is 3.14. The Morgan fingerprint density at radius 2 is 1.94 bits per heavy atom. The van der Waals surface area contributed by atoms with Crippen molar-refractivity contribution in [2.45, 2.75) is 39.7 Å². The topological polar surface area (TPSA) is 35.2 Å². The predicted octanol–water partition coefficient (Wildman–Crippen LogP) is 3.36. The van der Waals surface area contributed by atoms with Gasteiger partial charge in [-0.15, -0.1) is 0 Å². The van der Waals surface area contributed by atoms with Crippen molar-refractivity contribution in [2.24, 2.45) is 17.6 Å². The third-order valence-corrected chi connectivity index (χ3v) is 4.20. The molecule has 1 fully saturated rings. The maximum absolute atomic E-state index is 6.39. The van der Waals surface area contributed by atoms with Crippen LogP contribution in [0.25, 0.3) is 0 Å². The van der Waals surface area contributed by atoms with Crippen LogP contribution < -0.4 is 10.5 Å². The summed E-state index contributed by atoms with van der Waals surface area (Å²) in [5.41, 5.74) is 10.0. The lowest BCUT2D eigenvalue weighted by Gasteiger charge is -2.23. The predicted molar refractivity (Wildman–Crippen MR) is 71.3 cm³/mol. The summed E-state index contributed by atoms with van der Waals surface area (Å²) in [6.45, 7) is 6.47. The van der Waals surface area contributed by atoms with E-state index < -0.39 is 0 Å². The summed E-state index contributed by atoms with van der Waals surface area (Å²) in [5, 5.41) is 0. The Hall–Kier alpha value is -1.02. The summed E-state index contributed by atoms with van der Waals surface area (Å²) in [6.07, 6.45) is 2.67. The highest BCUT2D eigenvalue weighted by Crippen LogP contribution is 2.44. The lowest BCUT2D eigenvalue weighted by molar-refractivity contribution is 0.374. The molecule has 94 valence electrons. The third-order valence-electron chi connectivity index (χ3n) is 4.20. The fourth-order valence-electron chi connectivity index (χ4n) is 2.54. The second-order valence-corrected chi connectivity index (χ2v) is 5.35. The highest BCUT2D eigenvalue weighted by atomic mass is 16.5. The van der Waals surface area contributed by atoms with E-state index >= 15 is 0 Å². The van der Waals surface area contributed by atoms with Crippen LogP contribution in [0.2, 0.25) is 0 Å². The van der Waals surface area contributed by atoms with Gasteiger partial charge < -0.3 is 10.5 Å². The van der Waals surface area contributed by atoms with Crippen molar-refractivity contribution in [3.63, 3.8) is 0 Å². The van der Waals surface area contributed by atoms with Crippen LogP contribution in [0.3, 0.4) is 0 Å². The Balaban J connectivity index is 2.33. The van der Waals surface area contributed by atoms with Gasteiger partial charge in [0, 0.05) is 11.6 Å². The fraction of sp³-hybridized carbons (Fsp3) is 0.600. The van der Waals surface area contributed by atoms with E-state index in [0.29, 0.717) is 5.92 Å². The summed E-state index contributed by atoms with van der Waals surface area (Å²) >= 11 is 0. The van der Waals surface area contributed by atoms with Crippen molar-refractivity contribution in [2.75, 3.05) is 7.11 Å². The van der Waals surface area contributed by atoms with E-state index in [2.05, 4.69) is 32.9 Å². The Bertz CT molecular complexity index is 410. The fourth-order valence-corrected chi connectivity index (χ4v) is 2.54. The van der Waals surface area contributed by atoms with Gasteiger partial charge in [0.1, 0.15) is 5.75 Å². The van der Waals surface area contributed by atoms with Gasteiger partial charge in [0.15, 0.2) is 0 Å². The van der Waals surface area contributed by atoms with Gasteiger partial charge >= 0.3 is 0 Å². The summed E-state index contributed by atoms with van der Waals surface area (Å²) in [7, 11) is 1.74. The van der Waals surface area contributed by atoms with E-state index in [1.165, 1.54) is 24.0 Å². The van der Waals surface area contributed by atoms with E-state index in [-0.39, 0.29) is 6.04 Å². The van der Waals surface area contributed by atoms with Gasteiger partial charge in [-0.3, -0.25) is 0 Å². The molecule has 2 unspecified atom stereocenters. The number of ether oxygens (including phenoxy) is 1. The highest BCUT2D eigenvalue weighted by Gasteiger charge is 2.33. The van der Waals surface area contributed by atoms with E-state index in [4.69, 9.17) is 10.5 Å². The van der Waals surface area contributed by atoms with Crippen LogP contribution in [-0.4, -0.2) is 7.11 Å². The molecule has 0 aromatic heterocycles. The van der Waals surface area contributed by atoms with Crippen LogP contribution in [0.5, 0.6) is 5.75 Å². The van der Waals surface area contributed by atoms with Crippen molar-refractivity contribution in [1.82, 2.24) is 0 Å². The zero-order valence-electron chi connectivity index (χ0n) is 11.3. The second-order valence-electron chi connectivity index (χ2n) is 5.35. The van der Waals surface area contributed by atoms with E-state index in [0.717, 1.165) is 17.2 Å². The molecule has 0 saturated heterocycles. The van der Waals surface area contributed by atoms with E-state index in [1.54, 1.807) is 7.11 Å². The molecule has 2 rings (SSSR count). The standard InChI is InChI=1S/C15H23NO/c1-9-5-8-13(15(17-4)10(9)2)14(16)11(3)12-6-7-12/h5,8,11-12,14H,6-7,16H2,1-4H3. The summed E-state index contributed by atoms with van der Waals surface area (Å²) in [6, 6.07) is 4.37. The zero-order valence-corrected chi connectivity index (χ0v) is 11.3. The lowest BCUT2D eigenvalue weighted by atomic mass is 9.89. The van der Waals surface area contributed by atoms with Crippen molar-refractivity contribution in [3.05, 3.63) is 28.8 Å². The monoisotopic (exact) mass is 233 g/mol. The minimum Gasteiger partial charge on any atom is -0.496 e. The molecule has 2 atom stereocenters. The Morgan fingerprint density at radius 3 is 2.47 bits per heavy atom. The van der Waals surface area contributed by atoms with Crippen molar-refractivity contribution < 1.29 is 4.74 Å².